The summed E-state index contributed by atoms with van der Waals surface area (Å²) in [6.07, 6.45) is 2.07. The van der Waals surface area contributed by atoms with Gasteiger partial charge in [-0.05, 0) is 59.0 Å². The van der Waals surface area contributed by atoms with E-state index in [2.05, 4.69) is 81.7 Å². The van der Waals surface area contributed by atoms with Gasteiger partial charge in [0.25, 0.3) is 0 Å². The van der Waals surface area contributed by atoms with E-state index in [-0.39, 0.29) is 0 Å². The summed E-state index contributed by atoms with van der Waals surface area (Å²) in [5.74, 6) is 0. The van der Waals surface area contributed by atoms with E-state index < -0.39 is 0 Å². The fourth-order valence-corrected chi connectivity index (χ4v) is 3.84. The zero-order valence-electron chi connectivity index (χ0n) is 12.2. The molecular weight excluding hydrogens is 415 g/mol. The molecule has 0 N–H and O–H groups in total. The van der Waals surface area contributed by atoms with Gasteiger partial charge in [0.1, 0.15) is 16.4 Å². The number of benzene rings is 2. The summed E-state index contributed by atoms with van der Waals surface area (Å²) >= 11 is 4.08. The van der Waals surface area contributed by atoms with Crippen LogP contribution in [0.3, 0.4) is 0 Å². The number of fused-ring (bicyclic) bond motifs is 1. The van der Waals surface area contributed by atoms with E-state index in [9.17, 15) is 0 Å². The highest BCUT2D eigenvalue weighted by Crippen LogP contribution is 2.36. The molecule has 0 saturated carbocycles. The van der Waals surface area contributed by atoms with Gasteiger partial charge in [0.2, 0.25) is 0 Å². The minimum Gasteiger partial charge on any atom is -0.294 e. The molecule has 2 heterocycles. The maximum absolute atomic E-state index is 4.84. The van der Waals surface area contributed by atoms with Gasteiger partial charge < -0.3 is 0 Å². The lowest BCUT2D eigenvalue weighted by molar-refractivity contribution is 1.05. The van der Waals surface area contributed by atoms with E-state index in [1.807, 2.05) is 24.3 Å². The van der Waals surface area contributed by atoms with E-state index in [0.717, 1.165) is 21.9 Å². The summed E-state index contributed by atoms with van der Waals surface area (Å²) in [6.45, 7) is 0. The molecule has 0 atom stereocenters. The van der Waals surface area contributed by atoms with Crippen LogP contribution in [-0.4, -0.2) is 9.38 Å². The number of imidazole rings is 1. The Kier molecular flexibility index (Phi) is 4.10. The average molecular weight is 428 g/mol. The van der Waals surface area contributed by atoms with Gasteiger partial charge in [0.05, 0.1) is 0 Å². The number of nitrogens with zero attached hydrogens (tertiary/aromatic N) is 2. The zero-order chi connectivity index (χ0) is 15.6. The number of halogens is 1. The zero-order valence-corrected chi connectivity index (χ0v) is 15.2. The van der Waals surface area contributed by atoms with E-state index >= 15 is 0 Å². The highest BCUT2D eigenvalue weighted by molar-refractivity contribution is 14.1. The molecule has 0 aliphatic rings. The smallest absolute Gasteiger partial charge is 0.138 e. The Morgan fingerprint density at radius 3 is 2.35 bits per heavy atom. The fraction of sp³-hybridized carbons (Fsp3) is 0. The fourth-order valence-electron chi connectivity index (χ4n) is 2.47. The number of rotatable bonds is 3. The molecule has 0 fully saturated rings. The molecule has 0 bridgehead atoms. The van der Waals surface area contributed by atoms with E-state index in [4.69, 9.17) is 4.98 Å². The van der Waals surface area contributed by atoms with Crippen LogP contribution >= 0.6 is 34.4 Å². The molecule has 0 spiro atoms. The minimum absolute atomic E-state index is 0.972. The first kappa shape index (κ1) is 14.8. The summed E-state index contributed by atoms with van der Waals surface area (Å²) in [4.78, 5) is 6.05. The first-order valence-corrected chi connectivity index (χ1v) is 9.17. The maximum Gasteiger partial charge on any atom is 0.138 e. The minimum atomic E-state index is 0.972. The van der Waals surface area contributed by atoms with Crippen molar-refractivity contribution in [1.82, 2.24) is 9.38 Å². The molecule has 23 heavy (non-hydrogen) atoms. The molecule has 0 unspecified atom stereocenters. The molecular formula is C19H13IN2S. The third-order valence-corrected chi connectivity index (χ3v) is 5.37. The average Bonchev–Trinajstić information content (AvgIpc) is 2.96. The topological polar surface area (TPSA) is 17.3 Å². The van der Waals surface area contributed by atoms with Crippen molar-refractivity contribution in [3.8, 4) is 11.3 Å². The second-order valence-corrected chi connectivity index (χ2v) is 7.42. The Hall–Kier alpha value is -1.79. The predicted molar refractivity (Wildman–Crippen MR) is 104 cm³/mol. The molecule has 4 aromatic rings. The molecule has 112 valence electrons. The van der Waals surface area contributed by atoms with Crippen molar-refractivity contribution in [2.75, 3.05) is 0 Å². The number of aromatic nitrogens is 2. The second-order valence-electron chi connectivity index (χ2n) is 5.12. The molecule has 2 aromatic carbocycles. The SMILES string of the molecule is Ic1ccc(Sc2c(-c3ccccc3)nc3ccccn23)cc1. The number of hydrogen-bond donors (Lipinski definition) is 0. The lowest BCUT2D eigenvalue weighted by atomic mass is 10.2. The molecule has 0 saturated heterocycles. The van der Waals surface area contributed by atoms with Gasteiger partial charge in [-0.15, -0.1) is 0 Å². The molecule has 0 radical (unpaired) electrons. The summed E-state index contributed by atoms with van der Waals surface area (Å²) < 4.78 is 3.40. The standard InChI is InChI=1S/C19H13IN2S/c20-15-9-11-16(12-10-15)23-19-18(14-6-2-1-3-7-14)21-17-8-4-5-13-22(17)19/h1-13H. The largest absolute Gasteiger partial charge is 0.294 e. The highest BCUT2D eigenvalue weighted by atomic mass is 127. The van der Waals surface area contributed by atoms with Crippen molar-refractivity contribution in [3.05, 3.63) is 82.6 Å². The Morgan fingerprint density at radius 2 is 1.57 bits per heavy atom. The molecule has 0 aliphatic heterocycles. The van der Waals surface area contributed by atoms with Crippen LogP contribution in [-0.2, 0) is 0 Å². The summed E-state index contributed by atoms with van der Waals surface area (Å²) in [7, 11) is 0. The third-order valence-electron chi connectivity index (χ3n) is 3.56. The Morgan fingerprint density at radius 1 is 0.826 bits per heavy atom. The monoisotopic (exact) mass is 428 g/mol. The van der Waals surface area contributed by atoms with Gasteiger partial charge in [-0.1, -0.05) is 48.2 Å². The van der Waals surface area contributed by atoms with E-state index in [1.165, 1.54) is 8.47 Å². The van der Waals surface area contributed by atoms with Crippen LogP contribution in [0, 0.1) is 3.57 Å². The molecule has 2 nitrogen and oxygen atoms in total. The first-order chi connectivity index (χ1) is 11.3. The van der Waals surface area contributed by atoms with Gasteiger partial charge in [0, 0.05) is 20.2 Å². The lowest BCUT2D eigenvalue weighted by Crippen LogP contribution is -1.86. The van der Waals surface area contributed by atoms with Crippen molar-refractivity contribution in [1.29, 1.82) is 0 Å². The summed E-state index contributed by atoms with van der Waals surface area (Å²) in [5, 5.41) is 1.15. The lowest BCUT2D eigenvalue weighted by Gasteiger charge is -2.05. The predicted octanol–water partition coefficient (Wildman–Crippen LogP) is 5.76. The van der Waals surface area contributed by atoms with Crippen LogP contribution in [0.5, 0.6) is 0 Å². The van der Waals surface area contributed by atoms with Gasteiger partial charge in [-0.2, -0.15) is 0 Å². The van der Waals surface area contributed by atoms with Crippen LogP contribution in [0.25, 0.3) is 16.9 Å². The number of pyridine rings is 1. The normalized spacial score (nSPS) is 11.0. The highest BCUT2D eigenvalue weighted by Gasteiger charge is 2.14. The molecule has 4 rings (SSSR count). The van der Waals surface area contributed by atoms with Crippen LogP contribution in [0.2, 0.25) is 0 Å². The van der Waals surface area contributed by atoms with Crippen molar-refractivity contribution < 1.29 is 0 Å². The van der Waals surface area contributed by atoms with Gasteiger partial charge >= 0.3 is 0 Å². The molecule has 0 aliphatic carbocycles. The molecule has 4 heteroatoms. The molecule has 2 aromatic heterocycles. The van der Waals surface area contributed by atoms with Crippen LogP contribution in [0.4, 0.5) is 0 Å². The molecule has 0 amide bonds. The van der Waals surface area contributed by atoms with E-state index in [0.29, 0.717) is 0 Å². The summed E-state index contributed by atoms with van der Waals surface area (Å²) in [5.41, 5.74) is 3.14. The van der Waals surface area contributed by atoms with Crippen LogP contribution < -0.4 is 0 Å². The second kappa shape index (κ2) is 6.37. The Balaban J connectivity index is 1.87. The van der Waals surface area contributed by atoms with Gasteiger partial charge in [0.15, 0.2) is 0 Å². The maximum atomic E-state index is 4.84. The van der Waals surface area contributed by atoms with Crippen molar-refractivity contribution in [2.45, 2.75) is 9.92 Å². The van der Waals surface area contributed by atoms with Crippen molar-refractivity contribution >= 4 is 40.0 Å². The first-order valence-electron chi connectivity index (χ1n) is 7.27. The van der Waals surface area contributed by atoms with Crippen LogP contribution in [0.15, 0.2) is 88.9 Å². The van der Waals surface area contributed by atoms with Gasteiger partial charge in [-0.3, -0.25) is 4.40 Å². The Labute approximate surface area is 152 Å². The third kappa shape index (κ3) is 3.01. The number of hydrogen-bond acceptors (Lipinski definition) is 2. The van der Waals surface area contributed by atoms with Crippen molar-refractivity contribution in [3.63, 3.8) is 0 Å². The van der Waals surface area contributed by atoms with Crippen LogP contribution in [0.1, 0.15) is 0 Å². The van der Waals surface area contributed by atoms with Gasteiger partial charge in [-0.25, -0.2) is 4.98 Å². The summed E-state index contributed by atoms with van der Waals surface area (Å²) in [6, 6.07) is 25.1. The van der Waals surface area contributed by atoms with E-state index in [1.54, 1.807) is 11.8 Å². The Bertz CT molecular complexity index is 946. The quantitative estimate of drug-likeness (QED) is 0.386. The van der Waals surface area contributed by atoms with Crippen molar-refractivity contribution in [2.24, 2.45) is 0 Å².